The number of nitrogens with zero attached hydrogens (tertiary/aromatic N) is 2. The standard InChI is InChI=1S/C29H22BrN3O4S2/c1-16-7-5-6-10-20(16)31-21(34)15-32-28-25(39-29(32)37)22(17-8-3-2-4-9-17)23-24(38-28)27(36)33(26(23)35)19-13-11-18(30)12-14-19/h2-14,22-24H,15H2,1H3,(H,31,34)/t22-,23-,24+/m0/s1. The van der Waals surface area contributed by atoms with Crippen molar-refractivity contribution in [2.24, 2.45) is 5.92 Å². The second kappa shape index (κ2) is 10.3. The Morgan fingerprint density at radius 1 is 0.923 bits per heavy atom. The number of fused-ring (bicyclic) bond motifs is 2. The number of aryl methyl sites for hydroxylation is 1. The average Bonchev–Trinajstić information content (AvgIpc) is 3.37. The summed E-state index contributed by atoms with van der Waals surface area (Å²) in [5.74, 6) is -2.10. The number of imide groups is 1. The van der Waals surface area contributed by atoms with Crippen molar-refractivity contribution in [3.05, 3.63) is 109 Å². The summed E-state index contributed by atoms with van der Waals surface area (Å²) in [4.78, 5) is 55.6. The van der Waals surface area contributed by atoms with Gasteiger partial charge in [-0.25, -0.2) is 4.90 Å². The molecular formula is C29H22BrN3O4S2. The summed E-state index contributed by atoms with van der Waals surface area (Å²) < 4.78 is 2.28. The summed E-state index contributed by atoms with van der Waals surface area (Å²) in [6, 6.07) is 24.0. The molecule has 196 valence electrons. The number of amides is 3. The quantitative estimate of drug-likeness (QED) is 0.302. The molecule has 3 heterocycles. The van der Waals surface area contributed by atoms with Crippen molar-refractivity contribution in [1.82, 2.24) is 4.57 Å². The minimum atomic E-state index is -0.724. The molecule has 0 radical (unpaired) electrons. The van der Waals surface area contributed by atoms with Crippen LogP contribution in [0.3, 0.4) is 0 Å². The molecule has 0 saturated carbocycles. The Labute approximate surface area is 241 Å². The molecule has 0 aliphatic carbocycles. The van der Waals surface area contributed by atoms with Crippen LogP contribution in [0, 0.1) is 12.8 Å². The second-order valence-corrected chi connectivity index (χ2v) is 12.5. The highest BCUT2D eigenvalue weighted by atomic mass is 79.9. The van der Waals surface area contributed by atoms with Crippen LogP contribution in [0.25, 0.3) is 0 Å². The van der Waals surface area contributed by atoms with Crippen LogP contribution in [-0.2, 0) is 20.9 Å². The van der Waals surface area contributed by atoms with Crippen molar-refractivity contribution in [2.45, 2.75) is 29.7 Å². The molecule has 2 aliphatic heterocycles. The van der Waals surface area contributed by atoms with E-state index in [1.54, 1.807) is 24.3 Å². The van der Waals surface area contributed by atoms with Gasteiger partial charge in [-0.05, 0) is 48.4 Å². The van der Waals surface area contributed by atoms with E-state index in [9.17, 15) is 19.2 Å². The average molecular weight is 621 g/mol. The van der Waals surface area contributed by atoms with E-state index < -0.39 is 17.1 Å². The number of anilines is 2. The Bertz CT molecular complexity index is 1670. The highest BCUT2D eigenvalue weighted by Crippen LogP contribution is 2.53. The molecule has 3 atom stereocenters. The molecule has 7 nitrogen and oxygen atoms in total. The zero-order chi connectivity index (χ0) is 27.3. The third-order valence-electron chi connectivity index (χ3n) is 7.01. The van der Waals surface area contributed by atoms with Crippen LogP contribution in [0.5, 0.6) is 0 Å². The lowest BCUT2D eigenvalue weighted by Crippen LogP contribution is -2.33. The third kappa shape index (κ3) is 4.56. The van der Waals surface area contributed by atoms with Crippen LogP contribution in [0.4, 0.5) is 11.4 Å². The summed E-state index contributed by atoms with van der Waals surface area (Å²) >= 11 is 5.65. The number of aromatic nitrogens is 1. The fraction of sp³-hybridized carbons (Fsp3) is 0.172. The largest absolute Gasteiger partial charge is 0.324 e. The molecule has 0 bridgehead atoms. The van der Waals surface area contributed by atoms with Crippen LogP contribution >= 0.6 is 39.0 Å². The maximum absolute atomic E-state index is 13.9. The van der Waals surface area contributed by atoms with E-state index in [1.807, 2.05) is 61.5 Å². The predicted octanol–water partition coefficient (Wildman–Crippen LogP) is 5.42. The van der Waals surface area contributed by atoms with Gasteiger partial charge in [0, 0.05) is 21.0 Å². The van der Waals surface area contributed by atoms with E-state index in [0.29, 0.717) is 21.3 Å². The van der Waals surface area contributed by atoms with Crippen molar-refractivity contribution in [3.63, 3.8) is 0 Å². The number of carbonyl (C=O) groups excluding carboxylic acids is 3. The van der Waals surface area contributed by atoms with Crippen molar-refractivity contribution in [2.75, 3.05) is 10.2 Å². The molecule has 3 aromatic carbocycles. The second-order valence-electron chi connectivity index (χ2n) is 9.43. The number of rotatable bonds is 5. The fourth-order valence-corrected chi connectivity index (χ4v) is 8.20. The highest BCUT2D eigenvalue weighted by Gasteiger charge is 2.56. The first-order valence-electron chi connectivity index (χ1n) is 12.3. The van der Waals surface area contributed by atoms with Gasteiger partial charge in [0.2, 0.25) is 17.7 Å². The number of hydrogen-bond acceptors (Lipinski definition) is 6. The summed E-state index contributed by atoms with van der Waals surface area (Å²) in [5.41, 5.74) is 2.95. The van der Waals surface area contributed by atoms with Gasteiger partial charge in [-0.1, -0.05) is 87.6 Å². The summed E-state index contributed by atoms with van der Waals surface area (Å²) in [5, 5.41) is 2.73. The predicted molar refractivity (Wildman–Crippen MR) is 156 cm³/mol. The molecule has 1 fully saturated rings. The molecule has 6 rings (SSSR count). The zero-order valence-electron chi connectivity index (χ0n) is 20.7. The first-order chi connectivity index (χ1) is 18.8. The summed E-state index contributed by atoms with van der Waals surface area (Å²) in [6.07, 6.45) is 0. The molecular weight excluding hydrogens is 598 g/mol. The first-order valence-corrected chi connectivity index (χ1v) is 14.8. The van der Waals surface area contributed by atoms with Gasteiger partial charge >= 0.3 is 4.87 Å². The van der Waals surface area contributed by atoms with E-state index in [4.69, 9.17) is 0 Å². The molecule has 10 heteroatoms. The molecule has 3 amide bonds. The Balaban J connectivity index is 1.40. The van der Waals surface area contributed by atoms with Gasteiger partial charge in [0.05, 0.1) is 16.6 Å². The number of hydrogen-bond donors (Lipinski definition) is 1. The molecule has 1 N–H and O–H groups in total. The number of carbonyl (C=O) groups is 3. The smallest absolute Gasteiger partial charge is 0.308 e. The fourth-order valence-electron chi connectivity index (χ4n) is 5.17. The van der Waals surface area contributed by atoms with E-state index >= 15 is 0 Å². The molecule has 4 aromatic rings. The van der Waals surface area contributed by atoms with Gasteiger partial charge in [0.1, 0.15) is 11.8 Å². The van der Waals surface area contributed by atoms with Crippen LogP contribution < -0.4 is 15.1 Å². The van der Waals surface area contributed by atoms with Crippen molar-refractivity contribution >= 4 is 68.1 Å². The Morgan fingerprint density at radius 3 is 2.33 bits per heavy atom. The number of para-hydroxylation sites is 1. The Hall–Kier alpha value is -3.47. The van der Waals surface area contributed by atoms with Crippen LogP contribution in [0.2, 0.25) is 0 Å². The summed E-state index contributed by atoms with van der Waals surface area (Å²) in [6.45, 7) is 1.71. The van der Waals surface area contributed by atoms with Gasteiger partial charge < -0.3 is 5.32 Å². The zero-order valence-corrected chi connectivity index (χ0v) is 23.9. The first kappa shape index (κ1) is 25.8. The minimum absolute atomic E-state index is 0.191. The maximum atomic E-state index is 13.9. The van der Waals surface area contributed by atoms with Crippen molar-refractivity contribution in [3.8, 4) is 0 Å². The minimum Gasteiger partial charge on any atom is -0.324 e. The Kier molecular flexibility index (Phi) is 6.78. The monoisotopic (exact) mass is 619 g/mol. The van der Waals surface area contributed by atoms with Gasteiger partial charge in [0.15, 0.2) is 0 Å². The SMILES string of the molecule is Cc1ccccc1NC(=O)Cn1c2c(sc1=O)[C@@H](c1ccccc1)[C@@H]1C(=O)N(c3ccc(Br)cc3)C(=O)[C@@H]1S2. The van der Waals surface area contributed by atoms with E-state index in [1.165, 1.54) is 21.2 Å². The molecule has 1 saturated heterocycles. The van der Waals surface area contributed by atoms with Crippen LogP contribution in [-0.4, -0.2) is 27.5 Å². The lowest BCUT2D eigenvalue weighted by Gasteiger charge is -2.30. The highest BCUT2D eigenvalue weighted by molar-refractivity contribution is 9.10. The number of benzene rings is 3. The van der Waals surface area contributed by atoms with Gasteiger partial charge in [-0.2, -0.15) is 0 Å². The van der Waals surface area contributed by atoms with E-state index in [2.05, 4.69) is 21.2 Å². The van der Waals surface area contributed by atoms with Crippen molar-refractivity contribution in [1.29, 1.82) is 0 Å². The van der Waals surface area contributed by atoms with Gasteiger partial charge in [-0.3, -0.25) is 23.7 Å². The van der Waals surface area contributed by atoms with Gasteiger partial charge in [-0.15, -0.1) is 0 Å². The lowest BCUT2D eigenvalue weighted by molar-refractivity contribution is -0.122. The number of halogens is 1. The molecule has 0 unspecified atom stereocenters. The number of nitrogens with one attached hydrogen (secondary N) is 1. The number of thioether (sulfide) groups is 1. The van der Waals surface area contributed by atoms with E-state index in [0.717, 1.165) is 26.9 Å². The molecule has 1 aromatic heterocycles. The Morgan fingerprint density at radius 2 is 1.62 bits per heavy atom. The lowest BCUT2D eigenvalue weighted by atomic mass is 9.83. The maximum Gasteiger partial charge on any atom is 0.308 e. The molecule has 0 spiro atoms. The van der Waals surface area contributed by atoms with Crippen LogP contribution in [0.1, 0.15) is 21.9 Å². The van der Waals surface area contributed by atoms with E-state index in [-0.39, 0.29) is 29.1 Å². The van der Waals surface area contributed by atoms with Crippen LogP contribution in [0.15, 0.2) is 93.2 Å². The molecule has 39 heavy (non-hydrogen) atoms. The number of thiazole rings is 1. The third-order valence-corrected chi connectivity index (χ3v) is 10.1. The van der Waals surface area contributed by atoms with Crippen molar-refractivity contribution < 1.29 is 14.4 Å². The summed E-state index contributed by atoms with van der Waals surface area (Å²) in [7, 11) is 0. The normalized spacial score (nSPS) is 20.1. The topological polar surface area (TPSA) is 88.5 Å². The molecule has 2 aliphatic rings. The van der Waals surface area contributed by atoms with Gasteiger partial charge in [0.25, 0.3) is 0 Å².